The summed E-state index contributed by atoms with van der Waals surface area (Å²) in [4.78, 5) is 0.116. The van der Waals surface area contributed by atoms with Crippen LogP contribution in [-0.2, 0) is 10.0 Å². The molecule has 0 unspecified atom stereocenters. The number of hydrogen-bond acceptors (Lipinski definition) is 2. The Kier molecular flexibility index (Phi) is 3.60. The Bertz CT molecular complexity index is 896. The maximum Gasteiger partial charge on any atom is 0.238 e. The maximum absolute atomic E-state index is 11.3. The predicted octanol–water partition coefficient (Wildman–Crippen LogP) is 3.10. The van der Waals surface area contributed by atoms with Crippen LogP contribution in [0, 0.1) is 6.92 Å². The molecule has 0 atom stereocenters. The first-order valence-corrected chi connectivity index (χ1v) is 8.38. The van der Waals surface area contributed by atoms with Crippen LogP contribution in [0.2, 0.25) is 0 Å². The second kappa shape index (κ2) is 5.44. The standard InChI is InChI=1S/C17H16N2O2S/c1-13-7-12-17(19(13)15-5-3-2-4-6-15)14-8-10-16(11-9-14)22(18,20)21/h2-12H,1H3,(H2,18,20,21). The van der Waals surface area contributed by atoms with Gasteiger partial charge in [-0.1, -0.05) is 30.3 Å². The van der Waals surface area contributed by atoms with Gasteiger partial charge in [-0.3, -0.25) is 0 Å². The molecule has 5 heteroatoms. The monoisotopic (exact) mass is 312 g/mol. The van der Waals surface area contributed by atoms with Gasteiger partial charge in [-0.15, -0.1) is 0 Å². The van der Waals surface area contributed by atoms with E-state index in [1.165, 1.54) is 12.1 Å². The Labute approximate surface area is 129 Å². The van der Waals surface area contributed by atoms with E-state index in [1.807, 2.05) is 49.4 Å². The van der Waals surface area contributed by atoms with Crippen molar-refractivity contribution in [2.24, 2.45) is 5.14 Å². The van der Waals surface area contributed by atoms with E-state index in [1.54, 1.807) is 12.1 Å². The Morgan fingerprint density at radius 3 is 2.09 bits per heavy atom. The van der Waals surface area contributed by atoms with Crippen LogP contribution in [0.3, 0.4) is 0 Å². The van der Waals surface area contributed by atoms with E-state index < -0.39 is 10.0 Å². The molecule has 2 N–H and O–H groups in total. The second-order valence-electron chi connectivity index (χ2n) is 5.10. The largest absolute Gasteiger partial charge is 0.314 e. The van der Waals surface area contributed by atoms with Gasteiger partial charge < -0.3 is 4.57 Å². The molecule has 3 rings (SSSR count). The summed E-state index contributed by atoms with van der Waals surface area (Å²) in [7, 11) is -3.67. The summed E-state index contributed by atoms with van der Waals surface area (Å²) < 4.78 is 24.8. The zero-order valence-corrected chi connectivity index (χ0v) is 12.9. The van der Waals surface area contributed by atoms with Crippen molar-refractivity contribution in [3.8, 4) is 16.9 Å². The van der Waals surface area contributed by atoms with Crippen molar-refractivity contribution < 1.29 is 8.42 Å². The normalized spacial score (nSPS) is 11.5. The summed E-state index contributed by atoms with van der Waals surface area (Å²) in [6, 6.07) is 20.7. The lowest BCUT2D eigenvalue weighted by molar-refractivity contribution is 0.598. The number of sulfonamides is 1. The molecule has 0 aliphatic heterocycles. The zero-order chi connectivity index (χ0) is 15.7. The minimum atomic E-state index is -3.67. The van der Waals surface area contributed by atoms with Crippen LogP contribution in [0.15, 0.2) is 71.6 Å². The molecule has 2 aromatic carbocycles. The number of para-hydroxylation sites is 1. The molecule has 0 bridgehead atoms. The number of benzene rings is 2. The SMILES string of the molecule is Cc1ccc(-c2ccc(S(N)(=O)=O)cc2)n1-c1ccccc1. The smallest absolute Gasteiger partial charge is 0.238 e. The van der Waals surface area contributed by atoms with Crippen molar-refractivity contribution in [2.45, 2.75) is 11.8 Å². The van der Waals surface area contributed by atoms with E-state index in [0.717, 1.165) is 22.6 Å². The minimum absolute atomic E-state index is 0.116. The maximum atomic E-state index is 11.3. The topological polar surface area (TPSA) is 65.1 Å². The quantitative estimate of drug-likeness (QED) is 0.807. The average Bonchev–Trinajstić information content (AvgIpc) is 2.89. The third-order valence-electron chi connectivity index (χ3n) is 3.57. The lowest BCUT2D eigenvalue weighted by atomic mass is 10.1. The number of aromatic nitrogens is 1. The second-order valence-corrected chi connectivity index (χ2v) is 6.66. The number of primary sulfonamides is 1. The van der Waals surface area contributed by atoms with Gasteiger partial charge in [-0.05, 0) is 48.9 Å². The molecule has 4 nitrogen and oxygen atoms in total. The molecule has 0 fully saturated rings. The summed E-state index contributed by atoms with van der Waals surface area (Å²) in [6.45, 7) is 2.04. The summed E-state index contributed by atoms with van der Waals surface area (Å²) in [5, 5.41) is 5.14. The van der Waals surface area contributed by atoms with Crippen molar-refractivity contribution in [1.82, 2.24) is 4.57 Å². The van der Waals surface area contributed by atoms with Crippen LogP contribution in [0.4, 0.5) is 0 Å². The summed E-state index contributed by atoms with van der Waals surface area (Å²) in [5.74, 6) is 0. The molecular weight excluding hydrogens is 296 g/mol. The highest BCUT2D eigenvalue weighted by molar-refractivity contribution is 7.89. The molecule has 0 radical (unpaired) electrons. The molecule has 0 aliphatic carbocycles. The molecule has 0 aliphatic rings. The van der Waals surface area contributed by atoms with E-state index in [9.17, 15) is 8.42 Å². The molecule has 1 aromatic heterocycles. The van der Waals surface area contributed by atoms with Gasteiger partial charge in [-0.25, -0.2) is 13.6 Å². The van der Waals surface area contributed by atoms with E-state index >= 15 is 0 Å². The molecule has 22 heavy (non-hydrogen) atoms. The fourth-order valence-corrected chi connectivity index (χ4v) is 3.01. The van der Waals surface area contributed by atoms with Gasteiger partial charge >= 0.3 is 0 Å². The molecule has 112 valence electrons. The highest BCUT2D eigenvalue weighted by Gasteiger charge is 2.11. The lowest BCUT2D eigenvalue weighted by Gasteiger charge is -2.12. The first kappa shape index (κ1) is 14.6. The van der Waals surface area contributed by atoms with Crippen molar-refractivity contribution in [3.63, 3.8) is 0 Å². The molecule has 0 saturated heterocycles. The fourth-order valence-electron chi connectivity index (χ4n) is 2.50. The van der Waals surface area contributed by atoms with E-state index in [4.69, 9.17) is 5.14 Å². The number of nitrogens with zero attached hydrogens (tertiary/aromatic N) is 1. The van der Waals surface area contributed by atoms with Gasteiger partial charge in [0.15, 0.2) is 0 Å². The first-order chi connectivity index (χ1) is 10.5. The summed E-state index contributed by atoms with van der Waals surface area (Å²) in [5.41, 5.74) is 4.11. The van der Waals surface area contributed by atoms with Crippen LogP contribution < -0.4 is 5.14 Å². The predicted molar refractivity (Wildman–Crippen MR) is 87.3 cm³/mol. The molecule has 1 heterocycles. The fraction of sp³-hybridized carbons (Fsp3) is 0.0588. The Morgan fingerprint density at radius 1 is 0.864 bits per heavy atom. The van der Waals surface area contributed by atoms with Gasteiger partial charge in [0.25, 0.3) is 0 Å². The average molecular weight is 312 g/mol. The zero-order valence-electron chi connectivity index (χ0n) is 12.1. The van der Waals surface area contributed by atoms with Crippen LogP contribution in [0.5, 0.6) is 0 Å². The van der Waals surface area contributed by atoms with E-state index in [2.05, 4.69) is 4.57 Å². The summed E-state index contributed by atoms with van der Waals surface area (Å²) in [6.07, 6.45) is 0. The number of rotatable bonds is 3. The molecule has 0 saturated carbocycles. The van der Waals surface area contributed by atoms with Crippen LogP contribution in [-0.4, -0.2) is 13.0 Å². The van der Waals surface area contributed by atoms with E-state index in [0.29, 0.717) is 0 Å². The number of hydrogen-bond donors (Lipinski definition) is 1. The third kappa shape index (κ3) is 2.68. The number of aryl methyl sites for hydroxylation is 1. The lowest BCUT2D eigenvalue weighted by Crippen LogP contribution is -2.11. The van der Waals surface area contributed by atoms with Gasteiger partial charge in [0.05, 0.1) is 10.6 Å². The van der Waals surface area contributed by atoms with E-state index in [-0.39, 0.29) is 4.90 Å². The third-order valence-corrected chi connectivity index (χ3v) is 4.50. The van der Waals surface area contributed by atoms with Gasteiger partial charge in [0, 0.05) is 11.4 Å². The molecule has 0 amide bonds. The van der Waals surface area contributed by atoms with Gasteiger partial charge in [0.1, 0.15) is 0 Å². The highest BCUT2D eigenvalue weighted by atomic mass is 32.2. The van der Waals surface area contributed by atoms with Crippen molar-refractivity contribution >= 4 is 10.0 Å². The van der Waals surface area contributed by atoms with Crippen LogP contribution in [0.1, 0.15) is 5.69 Å². The highest BCUT2D eigenvalue weighted by Crippen LogP contribution is 2.27. The molecule has 0 spiro atoms. The Hall–Kier alpha value is -2.37. The van der Waals surface area contributed by atoms with Crippen LogP contribution in [0.25, 0.3) is 16.9 Å². The first-order valence-electron chi connectivity index (χ1n) is 6.84. The molecular formula is C17H16N2O2S. The van der Waals surface area contributed by atoms with Gasteiger partial charge in [-0.2, -0.15) is 0 Å². The van der Waals surface area contributed by atoms with Crippen molar-refractivity contribution in [2.75, 3.05) is 0 Å². The van der Waals surface area contributed by atoms with Crippen molar-refractivity contribution in [3.05, 3.63) is 72.4 Å². The van der Waals surface area contributed by atoms with Gasteiger partial charge in [0.2, 0.25) is 10.0 Å². The summed E-state index contributed by atoms with van der Waals surface area (Å²) >= 11 is 0. The molecule has 3 aromatic rings. The Morgan fingerprint density at radius 2 is 1.50 bits per heavy atom. The van der Waals surface area contributed by atoms with Crippen LogP contribution >= 0.6 is 0 Å². The Balaban J connectivity index is 2.11. The van der Waals surface area contributed by atoms with Crippen molar-refractivity contribution in [1.29, 1.82) is 0 Å². The minimum Gasteiger partial charge on any atom is -0.314 e. The number of nitrogens with two attached hydrogens (primary N) is 1.